The zero-order valence-electron chi connectivity index (χ0n) is 23.6. The van der Waals surface area contributed by atoms with Crippen LogP contribution in [-0.2, 0) is 15.8 Å². The van der Waals surface area contributed by atoms with Gasteiger partial charge in [-0.1, -0.05) is 93.6 Å². The van der Waals surface area contributed by atoms with Crippen molar-refractivity contribution in [2.45, 2.75) is 64.4 Å². The molecule has 1 heterocycles. The Morgan fingerprint density at radius 1 is 0.897 bits per heavy atom. The first-order valence-electron chi connectivity index (χ1n) is 13.3. The molecular formula is C31H38N2O5Si. The average Bonchev–Trinajstić information content (AvgIpc) is 3.23. The van der Waals surface area contributed by atoms with Crippen molar-refractivity contribution in [2.75, 3.05) is 7.11 Å². The minimum Gasteiger partial charge on any atom is -0.497 e. The van der Waals surface area contributed by atoms with Crippen LogP contribution in [0, 0.1) is 16.0 Å². The molecule has 0 saturated carbocycles. The monoisotopic (exact) mass is 546 g/mol. The van der Waals surface area contributed by atoms with Gasteiger partial charge in [0.15, 0.2) is 0 Å². The zero-order valence-corrected chi connectivity index (χ0v) is 24.6. The van der Waals surface area contributed by atoms with E-state index >= 15 is 0 Å². The summed E-state index contributed by atoms with van der Waals surface area (Å²) in [6.45, 7) is 9.98. The van der Waals surface area contributed by atoms with E-state index in [1.807, 2.05) is 60.7 Å². The van der Waals surface area contributed by atoms with E-state index in [2.05, 4.69) is 45.0 Å². The molecule has 8 heteroatoms. The van der Waals surface area contributed by atoms with Gasteiger partial charge in [0.25, 0.3) is 8.32 Å². The number of amides is 1. The summed E-state index contributed by atoms with van der Waals surface area (Å²) >= 11 is 0. The van der Waals surface area contributed by atoms with Gasteiger partial charge in [0.2, 0.25) is 11.4 Å². The summed E-state index contributed by atoms with van der Waals surface area (Å²) in [6, 6.07) is 27.8. The van der Waals surface area contributed by atoms with Crippen molar-refractivity contribution in [1.29, 1.82) is 0 Å². The number of ether oxygens (including phenoxy) is 1. The summed E-state index contributed by atoms with van der Waals surface area (Å²) in [5.41, 5.74) is -0.472. The number of carbonyl (C=O) groups excluding carboxylic acids is 1. The van der Waals surface area contributed by atoms with Gasteiger partial charge >= 0.3 is 0 Å². The molecule has 206 valence electrons. The van der Waals surface area contributed by atoms with E-state index in [0.717, 1.165) is 21.7 Å². The quantitative estimate of drug-likeness (QED) is 0.214. The van der Waals surface area contributed by atoms with Gasteiger partial charge < -0.3 is 14.1 Å². The Balaban J connectivity index is 1.89. The van der Waals surface area contributed by atoms with Gasteiger partial charge in [0, 0.05) is 31.7 Å². The molecule has 7 nitrogen and oxygen atoms in total. The maximum atomic E-state index is 13.6. The van der Waals surface area contributed by atoms with E-state index in [0.29, 0.717) is 0 Å². The van der Waals surface area contributed by atoms with Gasteiger partial charge in [0.05, 0.1) is 13.0 Å². The summed E-state index contributed by atoms with van der Waals surface area (Å²) in [6.07, 6.45) is -0.737. The maximum Gasteiger partial charge on any atom is 0.263 e. The fourth-order valence-corrected chi connectivity index (χ4v) is 10.3. The molecule has 1 fully saturated rings. The number of benzene rings is 3. The number of hydrogen-bond acceptors (Lipinski definition) is 5. The molecule has 0 N–H and O–H groups in total. The first kappa shape index (κ1) is 28.5. The lowest BCUT2D eigenvalue weighted by molar-refractivity contribution is -0.573. The van der Waals surface area contributed by atoms with Crippen LogP contribution in [0.3, 0.4) is 0 Å². The van der Waals surface area contributed by atoms with Crippen LogP contribution in [0.1, 0.15) is 46.6 Å². The lowest BCUT2D eigenvalue weighted by Gasteiger charge is -2.47. The molecule has 39 heavy (non-hydrogen) atoms. The zero-order chi connectivity index (χ0) is 28.4. The van der Waals surface area contributed by atoms with Crippen LogP contribution < -0.4 is 15.1 Å². The van der Waals surface area contributed by atoms with E-state index in [-0.39, 0.29) is 28.8 Å². The van der Waals surface area contributed by atoms with Crippen molar-refractivity contribution in [1.82, 2.24) is 4.90 Å². The third-order valence-corrected chi connectivity index (χ3v) is 13.0. The molecular weight excluding hydrogens is 508 g/mol. The molecule has 2 unspecified atom stereocenters. The van der Waals surface area contributed by atoms with Crippen molar-refractivity contribution in [3.8, 4) is 5.75 Å². The van der Waals surface area contributed by atoms with Crippen LogP contribution in [-0.4, -0.2) is 42.9 Å². The third-order valence-electron chi connectivity index (χ3n) is 7.97. The Morgan fingerprint density at radius 2 is 1.41 bits per heavy atom. The minimum atomic E-state index is -3.11. The number of rotatable bonds is 9. The molecule has 4 rings (SSSR count). The SMILES string of the molecule is COc1ccc(CN2C(=O)CC(C(C)(C)[N+](=O)[O-])C2O[Si](c2ccccc2)(c2ccccc2)C(C)(C)C)cc1. The summed E-state index contributed by atoms with van der Waals surface area (Å²) < 4.78 is 12.7. The van der Waals surface area contributed by atoms with Gasteiger partial charge in [-0.05, 0) is 33.1 Å². The van der Waals surface area contributed by atoms with Gasteiger partial charge in [-0.3, -0.25) is 14.9 Å². The Labute approximate surface area is 232 Å². The molecule has 1 aliphatic heterocycles. The Kier molecular flexibility index (Phi) is 8.00. The maximum absolute atomic E-state index is 13.6. The van der Waals surface area contributed by atoms with Crippen LogP contribution in [0.25, 0.3) is 0 Å². The number of methoxy groups -OCH3 is 1. The van der Waals surface area contributed by atoms with E-state index < -0.39 is 26.0 Å². The summed E-state index contributed by atoms with van der Waals surface area (Å²) in [7, 11) is -1.50. The summed E-state index contributed by atoms with van der Waals surface area (Å²) in [5.74, 6) is -0.0625. The van der Waals surface area contributed by atoms with Gasteiger partial charge in [0.1, 0.15) is 12.0 Å². The molecule has 0 radical (unpaired) electrons. The smallest absolute Gasteiger partial charge is 0.263 e. The number of carbonyl (C=O) groups is 1. The van der Waals surface area contributed by atoms with Crippen molar-refractivity contribution in [3.63, 3.8) is 0 Å². The topological polar surface area (TPSA) is 81.9 Å². The van der Waals surface area contributed by atoms with E-state index in [9.17, 15) is 14.9 Å². The number of hydrogen-bond donors (Lipinski definition) is 0. The predicted molar refractivity (Wildman–Crippen MR) is 155 cm³/mol. The molecule has 0 bridgehead atoms. The standard InChI is InChI=1S/C31H38N2O5Si/c1-30(2,3)39(25-13-9-7-10-14-25,26-15-11-8-12-16-26)38-29-27(31(4,5)33(35)36)21-28(34)32(29)22-23-17-19-24(37-6)20-18-23/h7-20,27,29H,21-22H2,1-6H3. The van der Waals surface area contributed by atoms with Crippen LogP contribution in [0.15, 0.2) is 84.9 Å². The van der Waals surface area contributed by atoms with Gasteiger partial charge in [-0.15, -0.1) is 0 Å². The Bertz CT molecular complexity index is 1250. The van der Waals surface area contributed by atoms with Gasteiger partial charge in [-0.25, -0.2) is 0 Å². The van der Waals surface area contributed by atoms with E-state index in [1.165, 1.54) is 0 Å². The van der Waals surface area contributed by atoms with Crippen LogP contribution in [0.5, 0.6) is 5.75 Å². The molecule has 2 atom stereocenters. The molecule has 3 aromatic rings. The second kappa shape index (κ2) is 10.9. The molecule has 1 saturated heterocycles. The highest BCUT2D eigenvalue weighted by Crippen LogP contribution is 2.44. The molecule has 0 aliphatic carbocycles. The van der Waals surface area contributed by atoms with E-state index in [4.69, 9.17) is 9.16 Å². The first-order chi connectivity index (χ1) is 18.4. The van der Waals surface area contributed by atoms with Crippen LogP contribution in [0.4, 0.5) is 0 Å². The molecule has 0 spiro atoms. The van der Waals surface area contributed by atoms with Gasteiger partial charge in [-0.2, -0.15) is 0 Å². The molecule has 3 aromatic carbocycles. The molecule has 1 amide bonds. The van der Waals surface area contributed by atoms with Crippen molar-refractivity contribution in [3.05, 3.63) is 101 Å². The fraction of sp³-hybridized carbons (Fsp3) is 0.387. The summed E-state index contributed by atoms with van der Waals surface area (Å²) in [5, 5.41) is 14.1. The fourth-order valence-electron chi connectivity index (χ4n) is 5.62. The minimum absolute atomic E-state index is 0.0486. The second-order valence-electron chi connectivity index (χ2n) is 11.8. The van der Waals surface area contributed by atoms with Crippen molar-refractivity contribution >= 4 is 24.6 Å². The Hall–Kier alpha value is -3.49. The first-order valence-corrected chi connectivity index (χ1v) is 15.2. The lowest BCUT2D eigenvalue weighted by Crippen LogP contribution is -2.69. The summed E-state index contributed by atoms with van der Waals surface area (Å²) in [4.78, 5) is 27.4. The molecule has 1 aliphatic rings. The van der Waals surface area contributed by atoms with Crippen LogP contribution in [0.2, 0.25) is 5.04 Å². The second-order valence-corrected chi connectivity index (χ2v) is 16.0. The normalized spacial score (nSPS) is 18.3. The van der Waals surface area contributed by atoms with Crippen LogP contribution >= 0.6 is 0 Å². The third kappa shape index (κ3) is 5.36. The average molecular weight is 547 g/mol. The number of likely N-dealkylation sites (tertiary alicyclic amines) is 1. The number of nitro groups is 1. The highest BCUT2D eigenvalue weighted by Gasteiger charge is 2.59. The van der Waals surface area contributed by atoms with Crippen molar-refractivity contribution < 1.29 is 18.9 Å². The van der Waals surface area contributed by atoms with E-state index in [1.54, 1.807) is 25.9 Å². The highest BCUT2D eigenvalue weighted by molar-refractivity contribution is 6.99. The number of nitrogens with zero attached hydrogens (tertiary/aromatic N) is 2. The molecule has 0 aromatic heterocycles. The Morgan fingerprint density at radius 3 is 1.85 bits per heavy atom. The highest BCUT2D eigenvalue weighted by atomic mass is 28.4. The van der Waals surface area contributed by atoms with Crippen molar-refractivity contribution in [2.24, 2.45) is 5.92 Å². The largest absolute Gasteiger partial charge is 0.497 e. The lowest BCUT2D eigenvalue weighted by atomic mass is 9.86. The predicted octanol–water partition coefficient (Wildman–Crippen LogP) is 5.00.